The number of rotatable bonds is 3. The fraction of sp³-hybridized carbons (Fsp3) is 0.417. The molecule has 2 N–H and O–H groups in total. The number of tetrazole rings is 1. The van der Waals surface area contributed by atoms with Crippen LogP contribution in [0.4, 0.5) is 10.1 Å². The van der Waals surface area contributed by atoms with Crippen LogP contribution in [0.15, 0.2) is 18.2 Å². The second-order valence-electron chi connectivity index (χ2n) is 4.70. The van der Waals surface area contributed by atoms with Crippen LogP contribution in [0, 0.1) is 11.7 Å². The second kappa shape index (κ2) is 4.72. The van der Waals surface area contributed by atoms with Crippen LogP contribution in [-0.4, -0.2) is 20.2 Å². The predicted molar refractivity (Wildman–Crippen MR) is 67.2 cm³/mol. The van der Waals surface area contributed by atoms with Gasteiger partial charge < -0.3 is 5.73 Å². The summed E-state index contributed by atoms with van der Waals surface area (Å²) in [6.45, 7) is 6.18. The molecule has 6 heteroatoms. The maximum absolute atomic E-state index is 13.4. The topological polar surface area (TPSA) is 69.6 Å². The Morgan fingerprint density at radius 3 is 2.56 bits per heavy atom. The van der Waals surface area contributed by atoms with E-state index in [1.165, 1.54) is 12.1 Å². The first-order valence-corrected chi connectivity index (χ1v) is 5.83. The smallest absolute Gasteiger partial charge is 0.182 e. The number of hydrogen-bond donors (Lipinski definition) is 1. The number of nitrogen functional groups attached to an aromatic ring is 1. The van der Waals surface area contributed by atoms with E-state index in [2.05, 4.69) is 29.4 Å². The Morgan fingerprint density at radius 1 is 1.22 bits per heavy atom. The normalized spacial score (nSPS) is 12.9. The van der Waals surface area contributed by atoms with E-state index in [9.17, 15) is 4.39 Å². The van der Waals surface area contributed by atoms with Crippen molar-refractivity contribution < 1.29 is 4.39 Å². The standard InChI is InChI=1S/C12H16FN5/c1-7(2)8(3)18-12(15-16-17-18)9-4-10(13)6-11(14)5-9/h4-8H,14H2,1-3H3. The molecule has 96 valence electrons. The maximum atomic E-state index is 13.4. The van der Waals surface area contributed by atoms with Crippen molar-refractivity contribution in [3.8, 4) is 11.4 Å². The van der Waals surface area contributed by atoms with Gasteiger partial charge in [-0.3, -0.25) is 0 Å². The fourth-order valence-electron chi connectivity index (χ4n) is 1.68. The SMILES string of the molecule is CC(C)C(C)n1nnnc1-c1cc(N)cc(F)c1. The van der Waals surface area contributed by atoms with Crippen molar-refractivity contribution in [2.45, 2.75) is 26.8 Å². The minimum atomic E-state index is -0.392. The van der Waals surface area contributed by atoms with E-state index in [-0.39, 0.29) is 6.04 Å². The summed E-state index contributed by atoms with van der Waals surface area (Å²) in [6.07, 6.45) is 0. The van der Waals surface area contributed by atoms with Gasteiger partial charge in [0.15, 0.2) is 5.82 Å². The number of halogens is 1. The first kappa shape index (κ1) is 12.5. The Balaban J connectivity index is 2.48. The van der Waals surface area contributed by atoms with Gasteiger partial charge in [-0.15, -0.1) is 5.10 Å². The minimum absolute atomic E-state index is 0.125. The summed E-state index contributed by atoms with van der Waals surface area (Å²) in [6, 6.07) is 4.44. The molecule has 5 nitrogen and oxygen atoms in total. The van der Waals surface area contributed by atoms with E-state index < -0.39 is 5.82 Å². The maximum Gasteiger partial charge on any atom is 0.182 e. The molecule has 1 aromatic heterocycles. The second-order valence-corrected chi connectivity index (χ2v) is 4.70. The molecule has 2 rings (SSSR count). The van der Waals surface area contributed by atoms with Gasteiger partial charge in [0.25, 0.3) is 0 Å². The number of benzene rings is 1. The molecule has 1 heterocycles. The highest BCUT2D eigenvalue weighted by Gasteiger charge is 2.17. The van der Waals surface area contributed by atoms with Gasteiger partial charge in [0.2, 0.25) is 0 Å². The molecule has 1 atom stereocenters. The summed E-state index contributed by atoms with van der Waals surface area (Å²) in [4.78, 5) is 0. The molecule has 1 aromatic carbocycles. The van der Waals surface area contributed by atoms with Gasteiger partial charge in [0.1, 0.15) is 5.82 Å². The first-order valence-electron chi connectivity index (χ1n) is 5.83. The molecule has 0 saturated carbocycles. The molecule has 1 unspecified atom stereocenters. The third kappa shape index (κ3) is 2.32. The zero-order valence-electron chi connectivity index (χ0n) is 10.6. The molecule has 2 aromatic rings. The monoisotopic (exact) mass is 249 g/mol. The molecule has 0 aliphatic rings. The van der Waals surface area contributed by atoms with Gasteiger partial charge in [0.05, 0.1) is 6.04 Å². The lowest BCUT2D eigenvalue weighted by molar-refractivity contribution is 0.371. The first-order chi connectivity index (χ1) is 8.49. The van der Waals surface area contributed by atoms with E-state index >= 15 is 0 Å². The van der Waals surface area contributed by atoms with Crippen molar-refractivity contribution in [1.29, 1.82) is 0 Å². The fourth-order valence-corrected chi connectivity index (χ4v) is 1.68. The molecule has 0 aliphatic carbocycles. The summed E-state index contributed by atoms with van der Waals surface area (Å²) in [5.41, 5.74) is 6.58. The van der Waals surface area contributed by atoms with Gasteiger partial charge in [-0.25, -0.2) is 9.07 Å². The summed E-state index contributed by atoms with van der Waals surface area (Å²) in [5, 5.41) is 11.6. The molecule has 0 bridgehead atoms. The van der Waals surface area contributed by atoms with Crippen molar-refractivity contribution in [2.24, 2.45) is 5.92 Å². The van der Waals surface area contributed by atoms with E-state index in [1.807, 2.05) is 6.92 Å². The van der Waals surface area contributed by atoms with Crippen LogP contribution in [0.5, 0.6) is 0 Å². The molecule has 0 fully saturated rings. The number of hydrogen-bond acceptors (Lipinski definition) is 4. The van der Waals surface area contributed by atoms with Crippen LogP contribution in [0.25, 0.3) is 11.4 Å². The highest BCUT2D eigenvalue weighted by molar-refractivity contribution is 5.61. The molecule has 0 radical (unpaired) electrons. The average molecular weight is 249 g/mol. The van der Waals surface area contributed by atoms with E-state index in [4.69, 9.17) is 5.73 Å². The highest BCUT2D eigenvalue weighted by atomic mass is 19.1. The van der Waals surface area contributed by atoms with E-state index in [1.54, 1.807) is 10.7 Å². The number of aromatic nitrogens is 4. The van der Waals surface area contributed by atoms with Crippen molar-refractivity contribution in [1.82, 2.24) is 20.2 Å². The largest absolute Gasteiger partial charge is 0.399 e. The van der Waals surface area contributed by atoms with Gasteiger partial charge in [0, 0.05) is 11.3 Å². The summed E-state index contributed by atoms with van der Waals surface area (Å²) >= 11 is 0. The van der Waals surface area contributed by atoms with Crippen LogP contribution >= 0.6 is 0 Å². The summed E-state index contributed by atoms with van der Waals surface area (Å²) < 4.78 is 15.0. The van der Waals surface area contributed by atoms with Crippen LogP contribution in [-0.2, 0) is 0 Å². The Morgan fingerprint density at radius 2 is 1.94 bits per heavy atom. The summed E-state index contributed by atoms with van der Waals surface area (Å²) in [5.74, 6) is 0.511. The molecular formula is C12H16FN5. The van der Waals surface area contributed by atoms with Crippen LogP contribution in [0.2, 0.25) is 0 Å². The lowest BCUT2D eigenvalue weighted by Gasteiger charge is -2.17. The van der Waals surface area contributed by atoms with Crippen molar-refractivity contribution in [2.75, 3.05) is 5.73 Å². The molecule has 0 spiro atoms. The molecular weight excluding hydrogens is 233 g/mol. The molecule has 0 amide bonds. The van der Waals surface area contributed by atoms with Gasteiger partial charge in [-0.2, -0.15) is 0 Å². The Hall–Kier alpha value is -1.98. The molecule has 0 aliphatic heterocycles. The Labute approximate surface area is 105 Å². The zero-order chi connectivity index (χ0) is 13.3. The lowest BCUT2D eigenvalue weighted by Crippen LogP contribution is -2.14. The van der Waals surface area contributed by atoms with E-state index in [0.29, 0.717) is 23.0 Å². The molecule has 0 saturated heterocycles. The number of anilines is 1. The Bertz CT molecular complexity index is 529. The van der Waals surface area contributed by atoms with Crippen LogP contribution < -0.4 is 5.73 Å². The zero-order valence-corrected chi connectivity index (χ0v) is 10.6. The third-order valence-corrected chi connectivity index (χ3v) is 3.02. The van der Waals surface area contributed by atoms with Crippen molar-refractivity contribution in [3.63, 3.8) is 0 Å². The van der Waals surface area contributed by atoms with Gasteiger partial charge >= 0.3 is 0 Å². The third-order valence-electron chi connectivity index (χ3n) is 3.02. The highest BCUT2D eigenvalue weighted by Crippen LogP contribution is 2.25. The minimum Gasteiger partial charge on any atom is -0.399 e. The van der Waals surface area contributed by atoms with Crippen LogP contribution in [0.1, 0.15) is 26.8 Å². The molecule has 18 heavy (non-hydrogen) atoms. The van der Waals surface area contributed by atoms with Crippen molar-refractivity contribution >= 4 is 5.69 Å². The van der Waals surface area contributed by atoms with Gasteiger partial charge in [-0.1, -0.05) is 13.8 Å². The van der Waals surface area contributed by atoms with E-state index in [0.717, 1.165) is 0 Å². The average Bonchev–Trinajstić information content (AvgIpc) is 2.75. The van der Waals surface area contributed by atoms with Gasteiger partial charge in [-0.05, 0) is 41.5 Å². The predicted octanol–water partition coefficient (Wildman–Crippen LogP) is 2.28. The number of nitrogens with zero attached hydrogens (tertiary/aromatic N) is 4. The quantitative estimate of drug-likeness (QED) is 0.847. The number of nitrogens with two attached hydrogens (primary N) is 1. The van der Waals surface area contributed by atoms with Crippen molar-refractivity contribution in [3.05, 3.63) is 24.0 Å². The summed E-state index contributed by atoms with van der Waals surface area (Å²) in [7, 11) is 0. The lowest BCUT2D eigenvalue weighted by atomic mass is 10.1. The Kier molecular flexibility index (Phi) is 3.27. The van der Waals surface area contributed by atoms with Crippen LogP contribution in [0.3, 0.4) is 0 Å².